The van der Waals surface area contributed by atoms with E-state index in [0.29, 0.717) is 73.1 Å². The van der Waals surface area contributed by atoms with Crippen molar-refractivity contribution in [1.29, 1.82) is 0 Å². The van der Waals surface area contributed by atoms with E-state index in [1.54, 1.807) is 50.6 Å². The molecular weight excluding hydrogens is 601 g/mol. The van der Waals surface area contributed by atoms with E-state index < -0.39 is 0 Å². The molecule has 0 aliphatic rings. The third-order valence-corrected chi connectivity index (χ3v) is 9.61. The van der Waals surface area contributed by atoms with E-state index in [4.69, 9.17) is 28.9 Å². The summed E-state index contributed by atoms with van der Waals surface area (Å²) in [7, 11) is 9.42. The number of carbonyl (C=O) groups is 2. The van der Waals surface area contributed by atoms with Crippen LogP contribution in [0.2, 0.25) is 0 Å². The smallest absolute Gasteiger partial charge is 0.255 e. The third-order valence-electron chi connectivity index (χ3n) is 7.15. The molecule has 0 bridgehead atoms. The van der Waals surface area contributed by atoms with Gasteiger partial charge in [0.2, 0.25) is 0 Å². The zero-order chi connectivity index (χ0) is 31.6. The number of likely N-dealkylation sites (N-methyl/N-ethyl adjacent to an activating group) is 2. The number of benzene rings is 2. The van der Waals surface area contributed by atoms with Gasteiger partial charge in [-0.15, -0.1) is 0 Å². The summed E-state index contributed by atoms with van der Waals surface area (Å²) in [6.07, 6.45) is 3.22. The van der Waals surface area contributed by atoms with Gasteiger partial charge < -0.3 is 28.7 Å². The maximum absolute atomic E-state index is 13.2. The van der Waals surface area contributed by atoms with Crippen molar-refractivity contribution in [2.75, 3.05) is 67.8 Å². The number of aromatic nitrogens is 2. The highest BCUT2D eigenvalue weighted by Crippen LogP contribution is 2.49. The van der Waals surface area contributed by atoms with Crippen molar-refractivity contribution < 1.29 is 28.5 Å². The van der Waals surface area contributed by atoms with Crippen molar-refractivity contribution >= 4 is 55.2 Å². The summed E-state index contributed by atoms with van der Waals surface area (Å²) in [6.45, 7) is 6.96. The number of hydrogen-bond donors (Lipinski definition) is 0. The van der Waals surface area contributed by atoms with E-state index in [1.807, 2.05) is 50.2 Å². The van der Waals surface area contributed by atoms with Crippen LogP contribution in [0, 0.1) is 0 Å². The molecule has 0 N–H and O–H groups in total. The van der Waals surface area contributed by atoms with Gasteiger partial charge in [0.15, 0.2) is 0 Å². The van der Waals surface area contributed by atoms with Crippen LogP contribution in [-0.4, -0.2) is 99.4 Å². The lowest BCUT2D eigenvalue weighted by atomic mass is 10.1. The number of rotatable bonds is 15. The third kappa shape index (κ3) is 7.37. The Morgan fingerprint density at radius 3 is 1.43 bits per heavy atom. The van der Waals surface area contributed by atoms with E-state index in [1.165, 1.54) is 21.6 Å². The second kappa shape index (κ2) is 15.9. The molecule has 2 aromatic heterocycles. The summed E-state index contributed by atoms with van der Waals surface area (Å²) in [5.41, 5.74) is 2.46. The highest BCUT2D eigenvalue weighted by Gasteiger charge is 2.21. The molecule has 2 heterocycles. The van der Waals surface area contributed by atoms with Crippen LogP contribution in [0.1, 0.15) is 34.6 Å². The van der Waals surface area contributed by atoms with Gasteiger partial charge in [-0.3, -0.25) is 19.6 Å². The first-order valence-corrected chi connectivity index (χ1v) is 16.4. The zero-order valence-corrected chi connectivity index (χ0v) is 27.5. The average Bonchev–Trinajstić information content (AvgIpc) is 3.06. The molecule has 0 fully saturated rings. The largest absolute Gasteiger partial charge is 0.495 e. The van der Waals surface area contributed by atoms with Crippen molar-refractivity contribution in [3.63, 3.8) is 0 Å². The highest BCUT2D eigenvalue weighted by molar-refractivity contribution is 8.76. The number of pyridine rings is 2. The number of fused-ring (bicyclic) bond motifs is 2. The first-order chi connectivity index (χ1) is 21.4. The standard InChI is InChI=1S/C32H38N4O6S2/c1-7-35(13-15-39-3)31(37)23-17-21-9-11-25(41-5)29(27(21)33-19-23)43-44-30-26(42-6)12-10-22-18-24(20-34-28(22)30)32(38)36(8-2)14-16-40-4/h9-12,17-20H,7-8,13-16H2,1-6H3. The van der Waals surface area contributed by atoms with E-state index in [9.17, 15) is 9.59 Å². The summed E-state index contributed by atoms with van der Waals surface area (Å²) in [6, 6.07) is 11.3. The Hall–Kier alpha value is -3.58. The predicted octanol–water partition coefficient (Wildman–Crippen LogP) is 5.82. The topological polar surface area (TPSA) is 103 Å². The van der Waals surface area contributed by atoms with Crippen LogP contribution in [-0.2, 0) is 9.47 Å². The maximum Gasteiger partial charge on any atom is 0.255 e. The first-order valence-electron chi connectivity index (χ1n) is 14.2. The van der Waals surface area contributed by atoms with Gasteiger partial charge in [0.1, 0.15) is 11.5 Å². The molecule has 44 heavy (non-hydrogen) atoms. The van der Waals surface area contributed by atoms with Gasteiger partial charge in [-0.2, -0.15) is 0 Å². The fourth-order valence-corrected chi connectivity index (χ4v) is 7.29. The minimum atomic E-state index is -0.0940. The zero-order valence-electron chi connectivity index (χ0n) is 25.9. The maximum atomic E-state index is 13.2. The lowest BCUT2D eigenvalue weighted by Gasteiger charge is -2.21. The van der Waals surface area contributed by atoms with Gasteiger partial charge in [0, 0.05) is 63.6 Å². The van der Waals surface area contributed by atoms with E-state index >= 15 is 0 Å². The number of methoxy groups -OCH3 is 4. The normalized spacial score (nSPS) is 11.1. The molecule has 0 atom stereocenters. The van der Waals surface area contributed by atoms with Crippen LogP contribution in [0.4, 0.5) is 0 Å². The number of nitrogens with zero attached hydrogens (tertiary/aromatic N) is 4. The number of amides is 2. The van der Waals surface area contributed by atoms with Gasteiger partial charge in [-0.1, -0.05) is 0 Å². The summed E-state index contributed by atoms with van der Waals surface area (Å²) < 4.78 is 21.7. The minimum absolute atomic E-state index is 0.0940. The fraction of sp³-hybridized carbons (Fsp3) is 0.375. The van der Waals surface area contributed by atoms with Crippen molar-refractivity contribution in [3.8, 4) is 11.5 Å². The number of ether oxygens (including phenoxy) is 4. The van der Waals surface area contributed by atoms with Gasteiger partial charge >= 0.3 is 0 Å². The Kier molecular flexibility index (Phi) is 12.1. The van der Waals surface area contributed by atoms with Crippen molar-refractivity contribution in [1.82, 2.24) is 19.8 Å². The molecule has 4 rings (SSSR count). The van der Waals surface area contributed by atoms with Crippen LogP contribution in [0.5, 0.6) is 11.5 Å². The summed E-state index contributed by atoms with van der Waals surface area (Å²) in [4.78, 5) is 40.8. The Bertz CT molecular complexity index is 1500. The number of hydrogen-bond acceptors (Lipinski definition) is 10. The molecule has 2 aromatic carbocycles. The molecule has 234 valence electrons. The molecule has 10 nitrogen and oxygen atoms in total. The quantitative estimate of drug-likeness (QED) is 0.148. The molecule has 0 unspecified atom stereocenters. The molecule has 0 spiro atoms. The summed E-state index contributed by atoms with van der Waals surface area (Å²) >= 11 is 0. The predicted molar refractivity (Wildman–Crippen MR) is 175 cm³/mol. The van der Waals surface area contributed by atoms with Gasteiger partial charge in [-0.25, -0.2) is 0 Å². The van der Waals surface area contributed by atoms with Crippen LogP contribution < -0.4 is 9.47 Å². The SMILES string of the molecule is CCN(CCOC)C(=O)c1cnc2c(SSc3c(OC)ccc4cc(C(=O)N(CC)CCOC)cnc34)c(OC)ccc2c1. The number of carbonyl (C=O) groups excluding carboxylic acids is 2. The van der Waals surface area contributed by atoms with Gasteiger partial charge in [0.25, 0.3) is 11.8 Å². The van der Waals surface area contributed by atoms with E-state index in [0.717, 1.165) is 20.6 Å². The van der Waals surface area contributed by atoms with Crippen molar-refractivity contribution in [3.05, 3.63) is 59.9 Å². The minimum Gasteiger partial charge on any atom is -0.495 e. The second-order valence-electron chi connectivity index (χ2n) is 9.71. The molecule has 0 radical (unpaired) electrons. The molecule has 2 amide bonds. The van der Waals surface area contributed by atoms with Gasteiger partial charge in [0.05, 0.1) is 59.4 Å². The van der Waals surface area contributed by atoms with Crippen LogP contribution in [0.3, 0.4) is 0 Å². The molecule has 0 saturated carbocycles. The lowest BCUT2D eigenvalue weighted by Crippen LogP contribution is -2.33. The molecule has 0 saturated heterocycles. The molecule has 0 aliphatic heterocycles. The van der Waals surface area contributed by atoms with E-state index in [2.05, 4.69) is 0 Å². The van der Waals surface area contributed by atoms with Gasteiger partial charge in [-0.05, 0) is 71.8 Å². The highest BCUT2D eigenvalue weighted by atomic mass is 33.1. The Morgan fingerprint density at radius 2 is 1.09 bits per heavy atom. The van der Waals surface area contributed by atoms with Crippen molar-refractivity contribution in [2.24, 2.45) is 0 Å². The lowest BCUT2D eigenvalue weighted by molar-refractivity contribution is 0.0700. The average molecular weight is 639 g/mol. The monoisotopic (exact) mass is 638 g/mol. The molecular formula is C32H38N4O6S2. The Labute approximate surface area is 265 Å². The summed E-state index contributed by atoms with van der Waals surface area (Å²) in [5.74, 6) is 1.13. The van der Waals surface area contributed by atoms with E-state index in [-0.39, 0.29) is 11.8 Å². The van der Waals surface area contributed by atoms with Crippen molar-refractivity contribution in [2.45, 2.75) is 23.6 Å². The molecule has 4 aromatic rings. The Morgan fingerprint density at radius 1 is 0.682 bits per heavy atom. The van der Waals surface area contributed by atoms with Crippen LogP contribution in [0.25, 0.3) is 21.8 Å². The van der Waals surface area contributed by atoms with Crippen LogP contribution >= 0.6 is 21.6 Å². The fourth-order valence-electron chi connectivity index (χ4n) is 4.69. The first kappa shape index (κ1) is 33.3. The van der Waals surface area contributed by atoms with Crippen LogP contribution in [0.15, 0.2) is 58.6 Å². The molecule has 0 aliphatic carbocycles. The second-order valence-corrected chi connectivity index (χ2v) is 11.9. The Balaban J connectivity index is 1.66. The summed E-state index contributed by atoms with van der Waals surface area (Å²) in [5, 5.41) is 1.64. The molecule has 12 heteroatoms.